The van der Waals surface area contributed by atoms with Gasteiger partial charge >= 0.3 is 0 Å². The number of carbonyl (C=O) groups is 3. The molecule has 6 rings (SSSR count). The van der Waals surface area contributed by atoms with Gasteiger partial charge < -0.3 is 19.9 Å². The molecule has 2 aromatic carbocycles. The summed E-state index contributed by atoms with van der Waals surface area (Å²) in [7, 11) is 0. The Hall–Kier alpha value is -4.20. The van der Waals surface area contributed by atoms with Gasteiger partial charge in [-0.3, -0.25) is 19.4 Å². The Kier molecular flexibility index (Phi) is 6.77. The van der Waals surface area contributed by atoms with E-state index in [0.29, 0.717) is 55.6 Å². The molecule has 1 saturated carbocycles. The van der Waals surface area contributed by atoms with Crippen LogP contribution in [-0.4, -0.2) is 57.7 Å². The lowest BCUT2D eigenvalue weighted by molar-refractivity contribution is -0.129. The van der Waals surface area contributed by atoms with Crippen LogP contribution < -0.4 is 10.1 Å². The van der Waals surface area contributed by atoms with Gasteiger partial charge in [-0.1, -0.05) is 24.3 Å². The topological polar surface area (TPSA) is 91.8 Å². The molecule has 3 amide bonds. The van der Waals surface area contributed by atoms with Crippen molar-refractivity contribution in [3.05, 3.63) is 77.6 Å². The Morgan fingerprint density at radius 3 is 2.51 bits per heavy atom. The van der Waals surface area contributed by atoms with Gasteiger partial charge in [0.2, 0.25) is 11.8 Å². The van der Waals surface area contributed by atoms with Gasteiger partial charge in [0.15, 0.2) is 0 Å². The highest BCUT2D eigenvalue weighted by molar-refractivity contribution is 5.95. The number of nitrogens with zero attached hydrogens (tertiary/aromatic N) is 3. The van der Waals surface area contributed by atoms with E-state index in [1.165, 1.54) is 0 Å². The summed E-state index contributed by atoms with van der Waals surface area (Å²) < 4.78 is 6.30. The molecule has 39 heavy (non-hydrogen) atoms. The van der Waals surface area contributed by atoms with Gasteiger partial charge in [0.05, 0.1) is 6.04 Å². The maximum absolute atomic E-state index is 13.2. The molecule has 0 bridgehead atoms. The predicted octanol–water partition coefficient (Wildman–Crippen LogP) is 4.46. The molecule has 8 heteroatoms. The Balaban J connectivity index is 1.21. The van der Waals surface area contributed by atoms with E-state index in [2.05, 4.69) is 10.3 Å². The molecule has 1 aromatic heterocycles. The average molecular weight is 525 g/mol. The summed E-state index contributed by atoms with van der Waals surface area (Å²) in [4.78, 5) is 45.9. The number of aromatic nitrogens is 1. The fourth-order valence-corrected chi connectivity index (χ4v) is 5.32. The quantitative estimate of drug-likeness (QED) is 0.470. The zero-order valence-electron chi connectivity index (χ0n) is 22.1. The highest BCUT2D eigenvalue weighted by Crippen LogP contribution is 2.32. The number of amides is 3. The van der Waals surface area contributed by atoms with E-state index in [0.717, 1.165) is 41.6 Å². The van der Waals surface area contributed by atoms with Gasteiger partial charge in [-0.15, -0.1) is 0 Å². The molecule has 8 nitrogen and oxygen atoms in total. The van der Waals surface area contributed by atoms with E-state index in [4.69, 9.17) is 4.74 Å². The first-order valence-electron chi connectivity index (χ1n) is 13.6. The van der Waals surface area contributed by atoms with E-state index in [1.807, 2.05) is 65.4 Å². The summed E-state index contributed by atoms with van der Waals surface area (Å²) in [5.41, 5.74) is 4.30. The average Bonchev–Trinajstić information content (AvgIpc) is 3.60. The fourth-order valence-electron chi connectivity index (χ4n) is 5.32. The second-order valence-electron chi connectivity index (χ2n) is 10.7. The Labute approximate surface area is 228 Å². The molecular formula is C31H32N4O4. The third-order valence-electron chi connectivity index (χ3n) is 7.67. The second kappa shape index (κ2) is 10.5. The molecule has 0 radical (unpaired) electrons. The van der Waals surface area contributed by atoms with Crippen molar-refractivity contribution in [2.75, 3.05) is 13.1 Å². The number of ether oxygens (including phenoxy) is 1. The smallest absolute Gasteiger partial charge is 0.251 e. The lowest BCUT2D eigenvalue weighted by Crippen LogP contribution is -2.37. The summed E-state index contributed by atoms with van der Waals surface area (Å²) in [5, 5.41) is 3.03. The highest BCUT2D eigenvalue weighted by Gasteiger charge is 2.39. The van der Waals surface area contributed by atoms with Crippen LogP contribution >= 0.6 is 0 Å². The number of likely N-dealkylation sites (tertiary alicyclic amines) is 2. The lowest BCUT2D eigenvalue weighted by atomic mass is 10.1. The van der Waals surface area contributed by atoms with Gasteiger partial charge in [-0.05, 0) is 62.1 Å². The Morgan fingerprint density at radius 2 is 1.82 bits per heavy atom. The van der Waals surface area contributed by atoms with Crippen molar-refractivity contribution in [3.8, 4) is 22.6 Å². The number of carbonyl (C=O) groups excluding carboxylic acids is 3. The molecule has 2 aliphatic heterocycles. The summed E-state index contributed by atoms with van der Waals surface area (Å²) in [6.45, 7) is 3.67. The van der Waals surface area contributed by atoms with E-state index in [1.54, 1.807) is 12.1 Å². The molecule has 1 atom stereocenters. The van der Waals surface area contributed by atoms with Crippen molar-refractivity contribution in [1.29, 1.82) is 0 Å². The third-order valence-corrected chi connectivity index (χ3v) is 7.67. The van der Waals surface area contributed by atoms with E-state index in [9.17, 15) is 14.4 Å². The van der Waals surface area contributed by atoms with Crippen LogP contribution in [-0.2, 0) is 16.1 Å². The molecule has 3 fully saturated rings. The highest BCUT2D eigenvalue weighted by atomic mass is 16.5. The minimum atomic E-state index is -0.235. The van der Waals surface area contributed by atoms with Gasteiger partial charge in [0.25, 0.3) is 5.91 Å². The number of nitrogens with one attached hydrogen (secondary N) is 1. The number of hydrogen-bond acceptors (Lipinski definition) is 5. The van der Waals surface area contributed by atoms with Gasteiger partial charge in [-0.25, -0.2) is 0 Å². The van der Waals surface area contributed by atoms with Crippen molar-refractivity contribution in [3.63, 3.8) is 0 Å². The number of rotatable bonds is 8. The Morgan fingerprint density at radius 1 is 1.03 bits per heavy atom. The summed E-state index contributed by atoms with van der Waals surface area (Å²) in [6.07, 6.45) is 5.70. The van der Waals surface area contributed by atoms with Crippen LogP contribution in [0, 0.1) is 6.92 Å². The van der Waals surface area contributed by atoms with Crippen LogP contribution in [0.1, 0.15) is 53.7 Å². The standard InChI is InChI=1S/C31H32N4O4/c1-20-4-5-23(17-32-20)21-8-12-27(13-9-21)39-28-15-22(6-7-24(28)18-34-14-2-3-29(34)36)31(38)33-25-16-30(37)35(19-25)26-10-11-26/h4-9,12-13,15,17,25-26H,2-3,10-11,14,16,18-19H2,1H3,(H,33,38)/t25-/m0/s1. The SMILES string of the molecule is Cc1ccc(-c2ccc(Oc3cc(C(=O)N[C@H]4CC(=O)N(C5CC5)C4)ccc3CN3CCCC3=O)cc2)cn1. The molecule has 1 N–H and O–H groups in total. The minimum Gasteiger partial charge on any atom is -0.457 e. The first-order valence-corrected chi connectivity index (χ1v) is 13.6. The summed E-state index contributed by atoms with van der Waals surface area (Å²) >= 11 is 0. The molecular weight excluding hydrogens is 492 g/mol. The number of pyridine rings is 1. The van der Waals surface area contributed by atoms with Crippen LogP contribution in [0.25, 0.3) is 11.1 Å². The molecule has 1 aliphatic carbocycles. The van der Waals surface area contributed by atoms with Crippen molar-refractivity contribution in [2.24, 2.45) is 0 Å². The zero-order chi connectivity index (χ0) is 26.9. The second-order valence-corrected chi connectivity index (χ2v) is 10.7. The number of benzene rings is 2. The number of aryl methyl sites for hydroxylation is 1. The first-order chi connectivity index (χ1) is 18.9. The third kappa shape index (κ3) is 5.65. The molecule has 0 unspecified atom stereocenters. The largest absolute Gasteiger partial charge is 0.457 e. The first kappa shape index (κ1) is 25.1. The van der Waals surface area contributed by atoms with Crippen LogP contribution in [0.4, 0.5) is 0 Å². The van der Waals surface area contributed by atoms with E-state index >= 15 is 0 Å². The van der Waals surface area contributed by atoms with Crippen molar-refractivity contribution in [1.82, 2.24) is 20.1 Å². The van der Waals surface area contributed by atoms with Gasteiger partial charge in [0, 0.05) is 67.1 Å². The predicted molar refractivity (Wildman–Crippen MR) is 146 cm³/mol. The Bertz CT molecular complexity index is 1400. The fraction of sp³-hybridized carbons (Fsp3) is 0.355. The maximum Gasteiger partial charge on any atom is 0.251 e. The van der Waals surface area contributed by atoms with Crippen LogP contribution in [0.2, 0.25) is 0 Å². The van der Waals surface area contributed by atoms with Crippen molar-refractivity contribution >= 4 is 17.7 Å². The zero-order valence-corrected chi connectivity index (χ0v) is 22.1. The van der Waals surface area contributed by atoms with Crippen LogP contribution in [0.15, 0.2) is 60.8 Å². The monoisotopic (exact) mass is 524 g/mol. The van der Waals surface area contributed by atoms with Crippen molar-refractivity contribution in [2.45, 2.75) is 57.7 Å². The van der Waals surface area contributed by atoms with Gasteiger partial charge in [0.1, 0.15) is 11.5 Å². The molecule has 200 valence electrons. The van der Waals surface area contributed by atoms with Crippen LogP contribution in [0.3, 0.4) is 0 Å². The summed E-state index contributed by atoms with van der Waals surface area (Å²) in [6, 6.07) is 17.3. The molecule has 2 saturated heterocycles. The summed E-state index contributed by atoms with van der Waals surface area (Å²) in [5.74, 6) is 1.18. The normalized spacial score (nSPS) is 19.1. The minimum absolute atomic E-state index is 0.113. The molecule has 3 heterocycles. The van der Waals surface area contributed by atoms with E-state index in [-0.39, 0.29) is 23.8 Å². The van der Waals surface area contributed by atoms with Crippen LogP contribution in [0.5, 0.6) is 11.5 Å². The molecule has 3 aliphatic rings. The van der Waals surface area contributed by atoms with Crippen molar-refractivity contribution < 1.29 is 19.1 Å². The molecule has 3 aromatic rings. The number of hydrogen-bond donors (Lipinski definition) is 1. The lowest BCUT2D eigenvalue weighted by Gasteiger charge is -2.20. The maximum atomic E-state index is 13.2. The van der Waals surface area contributed by atoms with Gasteiger partial charge in [-0.2, -0.15) is 0 Å². The molecule has 0 spiro atoms. The van der Waals surface area contributed by atoms with E-state index < -0.39 is 0 Å².